The summed E-state index contributed by atoms with van der Waals surface area (Å²) in [5.74, 6) is -0.621. The van der Waals surface area contributed by atoms with Gasteiger partial charge in [-0.3, -0.25) is 14.4 Å². The molecule has 0 fully saturated rings. The van der Waals surface area contributed by atoms with Gasteiger partial charge >= 0.3 is 0 Å². The van der Waals surface area contributed by atoms with Crippen LogP contribution >= 0.6 is 23.2 Å². The number of nitrogens with one attached hydrogen (secondary N) is 3. The van der Waals surface area contributed by atoms with Crippen LogP contribution < -0.4 is 16.0 Å². The van der Waals surface area contributed by atoms with Crippen molar-refractivity contribution in [2.75, 3.05) is 19.6 Å². The van der Waals surface area contributed by atoms with Gasteiger partial charge in [-0.25, -0.2) is 0 Å². The monoisotopic (exact) mass is 387 g/mol. The highest BCUT2D eigenvalue weighted by Gasteiger charge is 2.12. The fourth-order valence-electron chi connectivity index (χ4n) is 1.97. The molecule has 6 nitrogen and oxygen atoms in total. The van der Waals surface area contributed by atoms with E-state index in [-0.39, 0.29) is 29.6 Å². The predicted octanol–water partition coefficient (Wildman–Crippen LogP) is 2.39. The minimum atomic E-state index is -0.491. The Morgan fingerprint density at radius 1 is 1.00 bits per heavy atom. The highest BCUT2D eigenvalue weighted by atomic mass is 35.5. The quantitative estimate of drug-likeness (QED) is 0.568. The predicted molar refractivity (Wildman–Crippen MR) is 98.9 cm³/mol. The van der Waals surface area contributed by atoms with Crippen LogP contribution in [0.3, 0.4) is 0 Å². The summed E-state index contributed by atoms with van der Waals surface area (Å²) < 4.78 is 0. The van der Waals surface area contributed by atoms with Crippen molar-refractivity contribution < 1.29 is 14.4 Å². The lowest BCUT2D eigenvalue weighted by molar-refractivity contribution is -0.125. The number of benzene rings is 1. The van der Waals surface area contributed by atoms with Crippen LogP contribution in [0.4, 0.5) is 0 Å². The Hall–Kier alpha value is -1.79. The molecule has 0 saturated carbocycles. The van der Waals surface area contributed by atoms with E-state index >= 15 is 0 Å². The van der Waals surface area contributed by atoms with Crippen molar-refractivity contribution in [1.82, 2.24) is 16.0 Å². The van der Waals surface area contributed by atoms with Crippen LogP contribution in [0.5, 0.6) is 0 Å². The molecular formula is C17H23Cl2N3O3. The van der Waals surface area contributed by atoms with Gasteiger partial charge in [-0.05, 0) is 37.0 Å². The summed E-state index contributed by atoms with van der Waals surface area (Å²) in [6, 6.07) is 4.45. The Labute approximate surface area is 157 Å². The van der Waals surface area contributed by atoms with Crippen molar-refractivity contribution in [1.29, 1.82) is 0 Å². The Morgan fingerprint density at radius 2 is 1.64 bits per heavy atom. The number of hydrogen-bond donors (Lipinski definition) is 3. The topological polar surface area (TPSA) is 87.3 Å². The molecule has 0 saturated heterocycles. The molecule has 0 aliphatic heterocycles. The number of carbonyl (C=O) groups is 3. The summed E-state index contributed by atoms with van der Waals surface area (Å²) in [6.45, 7) is 4.44. The van der Waals surface area contributed by atoms with E-state index in [0.717, 1.165) is 12.8 Å². The number of hydrogen-bond acceptors (Lipinski definition) is 3. The van der Waals surface area contributed by atoms with Crippen molar-refractivity contribution in [3.8, 4) is 0 Å². The van der Waals surface area contributed by atoms with Gasteiger partial charge < -0.3 is 16.0 Å². The molecule has 0 unspecified atom stereocenters. The zero-order valence-corrected chi connectivity index (χ0v) is 15.8. The molecule has 3 amide bonds. The van der Waals surface area contributed by atoms with E-state index in [1.165, 1.54) is 18.2 Å². The molecular weight excluding hydrogens is 365 g/mol. The van der Waals surface area contributed by atoms with E-state index in [4.69, 9.17) is 23.2 Å². The van der Waals surface area contributed by atoms with E-state index in [1.807, 2.05) is 0 Å². The first-order valence-electron chi connectivity index (χ1n) is 8.06. The van der Waals surface area contributed by atoms with Gasteiger partial charge in [0.05, 0.1) is 23.7 Å². The van der Waals surface area contributed by atoms with Crippen molar-refractivity contribution >= 4 is 40.9 Å². The highest BCUT2D eigenvalue weighted by Crippen LogP contribution is 2.20. The molecule has 0 radical (unpaired) electrons. The molecule has 0 atom stereocenters. The second-order valence-electron chi connectivity index (χ2n) is 5.97. The highest BCUT2D eigenvalue weighted by molar-refractivity contribution is 6.36. The molecule has 1 rings (SSSR count). The Bertz CT molecular complexity index is 621. The third kappa shape index (κ3) is 8.74. The Balaban J connectivity index is 2.26. The molecule has 0 aliphatic rings. The summed E-state index contributed by atoms with van der Waals surface area (Å²) in [7, 11) is 0. The van der Waals surface area contributed by atoms with E-state index in [1.54, 1.807) is 0 Å². The maximum atomic E-state index is 12.0. The minimum Gasteiger partial charge on any atom is -0.355 e. The molecule has 1 aromatic rings. The molecule has 0 spiro atoms. The zero-order valence-electron chi connectivity index (χ0n) is 14.3. The molecule has 138 valence electrons. The van der Waals surface area contributed by atoms with Gasteiger partial charge in [-0.1, -0.05) is 37.0 Å². The molecule has 25 heavy (non-hydrogen) atoms. The lowest BCUT2D eigenvalue weighted by Gasteiger charge is -2.09. The van der Waals surface area contributed by atoms with Gasteiger partial charge in [0.2, 0.25) is 11.8 Å². The maximum Gasteiger partial charge on any atom is 0.253 e. The molecule has 8 heteroatoms. The number of rotatable bonds is 9. The SMILES string of the molecule is CC(C)CCCNC(=O)CNC(=O)CNC(=O)c1ccc(Cl)cc1Cl. The first-order chi connectivity index (χ1) is 11.8. The molecule has 3 N–H and O–H groups in total. The third-order valence-electron chi connectivity index (χ3n) is 3.31. The normalized spacial score (nSPS) is 10.4. The standard InChI is InChI=1S/C17H23Cl2N3O3/c1-11(2)4-3-7-20-15(23)9-21-16(24)10-22-17(25)13-6-5-12(18)8-14(13)19/h5-6,8,11H,3-4,7,9-10H2,1-2H3,(H,20,23)(H,21,24)(H,22,25). The van der Waals surface area contributed by atoms with Crippen LogP contribution in [0.2, 0.25) is 10.0 Å². The van der Waals surface area contributed by atoms with Gasteiger partial charge in [0.15, 0.2) is 0 Å². The van der Waals surface area contributed by atoms with Gasteiger partial charge in [-0.15, -0.1) is 0 Å². The molecule has 1 aromatic carbocycles. The minimum absolute atomic E-state index is 0.127. The zero-order chi connectivity index (χ0) is 18.8. The van der Waals surface area contributed by atoms with Crippen molar-refractivity contribution in [3.63, 3.8) is 0 Å². The second kappa shape index (κ2) is 10.9. The lowest BCUT2D eigenvalue weighted by Crippen LogP contribution is -2.42. The van der Waals surface area contributed by atoms with Crippen LogP contribution in [0.1, 0.15) is 37.0 Å². The van der Waals surface area contributed by atoms with Gasteiger partial charge in [0.25, 0.3) is 5.91 Å². The summed E-state index contributed by atoms with van der Waals surface area (Å²) in [4.78, 5) is 35.2. The van der Waals surface area contributed by atoms with Crippen LogP contribution in [0.25, 0.3) is 0 Å². The van der Waals surface area contributed by atoms with Gasteiger partial charge in [-0.2, -0.15) is 0 Å². The average molecular weight is 388 g/mol. The van der Waals surface area contributed by atoms with E-state index in [9.17, 15) is 14.4 Å². The number of halogens is 2. The molecule has 0 bridgehead atoms. The van der Waals surface area contributed by atoms with Crippen LogP contribution in [-0.4, -0.2) is 37.4 Å². The van der Waals surface area contributed by atoms with Gasteiger partial charge in [0.1, 0.15) is 0 Å². The average Bonchev–Trinajstić information content (AvgIpc) is 2.54. The number of carbonyl (C=O) groups excluding carboxylic acids is 3. The Morgan fingerprint density at radius 3 is 2.28 bits per heavy atom. The summed E-state index contributed by atoms with van der Waals surface area (Å²) >= 11 is 11.7. The van der Waals surface area contributed by atoms with Crippen molar-refractivity contribution in [3.05, 3.63) is 33.8 Å². The summed E-state index contributed by atoms with van der Waals surface area (Å²) in [5, 5.41) is 8.22. The van der Waals surface area contributed by atoms with E-state index < -0.39 is 11.8 Å². The van der Waals surface area contributed by atoms with Gasteiger partial charge in [0, 0.05) is 11.6 Å². The van der Waals surface area contributed by atoms with Crippen LogP contribution in [-0.2, 0) is 9.59 Å². The first-order valence-corrected chi connectivity index (χ1v) is 8.82. The largest absolute Gasteiger partial charge is 0.355 e. The van der Waals surface area contributed by atoms with E-state index in [2.05, 4.69) is 29.8 Å². The van der Waals surface area contributed by atoms with Crippen LogP contribution in [0.15, 0.2) is 18.2 Å². The fourth-order valence-corrected chi connectivity index (χ4v) is 2.47. The molecule has 0 aromatic heterocycles. The number of amides is 3. The van der Waals surface area contributed by atoms with Crippen LogP contribution in [0, 0.1) is 5.92 Å². The molecule has 0 aliphatic carbocycles. The third-order valence-corrected chi connectivity index (χ3v) is 3.86. The fraction of sp³-hybridized carbons (Fsp3) is 0.471. The lowest BCUT2D eigenvalue weighted by atomic mass is 10.1. The summed E-state index contributed by atoms with van der Waals surface area (Å²) in [6.07, 6.45) is 1.93. The van der Waals surface area contributed by atoms with Crippen molar-refractivity contribution in [2.24, 2.45) is 5.92 Å². The molecule has 0 heterocycles. The Kier molecular flexibility index (Phi) is 9.31. The van der Waals surface area contributed by atoms with Crippen molar-refractivity contribution in [2.45, 2.75) is 26.7 Å². The first kappa shape index (κ1) is 21.3. The van der Waals surface area contributed by atoms with E-state index in [0.29, 0.717) is 17.5 Å². The second-order valence-corrected chi connectivity index (χ2v) is 6.81. The smallest absolute Gasteiger partial charge is 0.253 e. The maximum absolute atomic E-state index is 12.0. The summed E-state index contributed by atoms with van der Waals surface area (Å²) in [5.41, 5.74) is 0.224.